The molecule has 3 heteroatoms. The van der Waals surface area contributed by atoms with E-state index in [1.807, 2.05) is 18.2 Å². The molecule has 0 saturated heterocycles. The molecule has 0 radical (unpaired) electrons. The summed E-state index contributed by atoms with van der Waals surface area (Å²) in [5.74, 6) is 0.0583. The maximum Gasteiger partial charge on any atom is 0.227 e. The van der Waals surface area contributed by atoms with Crippen LogP contribution in [-0.4, -0.2) is 27.1 Å². The highest BCUT2D eigenvalue weighted by Crippen LogP contribution is 2.41. The Morgan fingerprint density at radius 1 is 0.833 bits per heavy atom. The van der Waals surface area contributed by atoms with Gasteiger partial charge in [-0.25, -0.2) is 0 Å². The SMILES string of the molecule is C1=CCCCC1.COC1=C(c2ccccc2)CCCC1(OC)OC. The van der Waals surface area contributed by atoms with E-state index in [1.54, 1.807) is 21.3 Å². The number of allylic oxidation sites excluding steroid dienone is 3. The minimum atomic E-state index is -0.738. The van der Waals surface area contributed by atoms with Crippen molar-refractivity contribution in [3.8, 4) is 0 Å². The van der Waals surface area contributed by atoms with E-state index >= 15 is 0 Å². The molecule has 1 aromatic carbocycles. The van der Waals surface area contributed by atoms with Gasteiger partial charge in [-0.15, -0.1) is 0 Å². The number of hydrogen-bond donors (Lipinski definition) is 0. The first-order chi connectivity index (χ1) is 11.8. The first kappa shape index (κ1) is 18.8. The second-order valence-electron chi connectivity index (χ2n) is 6.15. The molecule has 0 unspecified atom stereocenters. The topological polar surface area (TPSA) is 27.7 Å². The molecule has 3 rings (SSSR count). The molecule has 132 valence electrons. The van der Waals surface area contributed by atoms with Gasteiger partial charge in [0, 0.05) is 26.2 Å². The predicted octanol–water partition coefficient (Wildman–Crippen LogP) is 5.33. The zero-order valence-corrected chi connectivity index (χ0v) is 15.2. The Kier molecular flexibility index (Phi) is 7.54. The fourth-order valence-corrected chi connectivity index (χ4v) is 3.38. The molecule has 0 atom stereocenters. The van der Waals surface area contributed by atoms with Crippen molar-refractivity contribution < 1.29 is 14.2 Å². The van der Waals surface area contributed by atoms with Crippen LogP contribution in [0.25, 0.3) is 5.57 Å². The van der Waals surface area contributed by atoms with Crippen LogP contribution in [0, 0.1) is 0 Å². The molecule has 0 aromatic heterocycles. The van der Waals surface area contributed by atoms with Crippen molar-refractivity contribution in [2.24, 2.45) is 0 Å². The summed E-state index contributed by atoms with van der Waals surface area (Å²) in [6, 6.07) is 10.3. The van der Waals surface area contributed by atoms with Gasteiger partial charge < -0.3 is 14.2 Å². The van der Waals surface area contributed by atoms with E-state index in [2.05, 4.69) is 24.3 Å². The number of rotatable bonds is 4. The summed E-state index contributed by atoms with van der Waals surface area (Å²) in [4.78, 5) is 0. The lowest BCUT2D eigenvalue weighted by Gasteiger charge is -2.37. The Hall–Kier alpha value is -1.58. The molecule has 0 N–H and O–H groups in total. The second-order valence-corrected chi connectivity index (χ2v) is 6.15. The molecule has 0 bridgehead atoms. The summed E-state index contributed by atoms with van der Waals surface area (Å²) in [7, 11) is 5.00. The van der Waals surface area contributed by atoms with Crippen molar-refractivity contribution in [3.63, 3.8) is 0 Å². The fourth-order valence-electron chi connectivity index (χ4n) is 3.38. The summed E-state index contributed by atoms with van der Waals surface area (Å²) in [6.07, 6.45) is 12.8. The summed E-state index contributed by atoms with van der Waals surface area (Å²) in [5, 5.41) is 0. The third-order valence-corrected chi connectivity index (χ3v) is 4.70. The van der Waals surface area contributed by atoms with Crippen LogP contribution in [0.4, 0.5) is 0 Å². The zero-order valence-electron chi connectivity index (χ0n) is 15.2. The van der Waals surface area contributed by atoms with Crippen LogP contribution < -0.4 is 0 Å². The van der Waals surface area contributed by atoms with E-state index in [1.165, 1.54) is 36.8 Å². The minimum absolute atomic E-state index is 0.738. The van der Waals surface area contributed by atoms with Gasteiger partial charge in [-0.2, -0.15) is 0 Å². The van der Waals surface area contributed by atoms with Crippen LogP contribution >= 0.6 is 0 Å². The standard InChI is InChI=1S/C15H20O3.C6H10/c1-16-14-13(12-8-5-4-6-9-12)10-7-11-15(14,17-2)18-3;1-2-4-6-5-3-1/h4-6,8-9H,7,10-11H2,1-3H3;1-2H,3-6H2. The molecule has 0 spiro atoms. The van der Waals surface area contributed by atoms with E-state index in [9.17, 15) is 0 Å². The van der Waals surface area contributed by atoms with Crippen molar-refractivity contribution in [1.29, 1.82) is 0 Å². The minimum Gasteiger partial charge on any atom is -0.495 e. The first-order valence-electron chi connectivity index (χ1n) is 8.85. The number of ether oxygens (including phenoxy) is 3. The van der Waals surface area contributed by atoms with E-state index < -0.39 is 5.79 Å². The average Bonchev–Trinajstić information content (AvgIpc) is 2.69. The lowest BCUT2D eigenvalue weighted by atomic mass is 9.88. The van der Waals surface area contributed by atoms with Gasteiger partial charge in [-0.1, -0.05) is 42.5 Å². The fraction of sp³-hybridized carbons (Fsp3) is 0.524. The molecule has 1 aromatic rings. The van der Waals surface area contributed by atoms with Crippen LogP contribution in [0.1, 0.15) is 50.5 Å². The Morgan fingerprint density at radius 3 is 1.92 bits per heavy atom. The third kappa shape index (κ3) is 4.49. The van der Waals surface area contributed by atoms with Crippen molar-refractivity contribution in [1.82, 2.24) is 0 Å². The number of hydrogen-bond acceptors (Lipinski definition) is 3. The molecule has 3 nitrogen and oxygen atoms in total. The van der Waals surface area contributed by atoms with Crippen molar-refractivity contribution in [2.45, 2.75) is 50.7 Å². The van der Waals surface area contributed by atoms with Crippen LogP contribution in [0.15, 0.2) is 48.2 Å². The van der Waals surface area contributed by atoms with Gasteiger partial charge in [0.05, 0.1) is 7.11 Å². The highest BCUT2D eigenvalue weighted by Gasteiger charge is 2.40. The average molecular weight is 330 g/mol. The first-order valence-corrected chi connectivity index (χ1v) is 8.85. The monoisotopic (exact) mass is 330 g/mol. The van der Waals surface area contributed by atoms with Crippen molar-refractivity contribution in [2.75, 3.05) is 21.3 Å². The maximum atomic E-state index is 5.59. The quantitative estimate of drug-likeness (QED) is 0.551. The van der Waals surface area contributed by atoms with Gasteiger partial charge >= 0.3 is 0 Å². The van der Waals surface area contributed by atoms with E-state index in [-0.39, 0.29) is 0 Å². The second kappa shape index (κ2) is 9.65. The number of benzene rings is 1. The Bertz CT molecular complexity index is 533. The lowest BCUT2D eigenvalue weighted by molar-refractivity contribution is -0.206. The Morgan fingerprint density at radius 2 is 1.46 bits per heavy atom. The zero-order chi connectivity index (χ0) is 17.3. The largest absolute Gasteiger partial charge is 0.495 e. The molecule has 0 saturated carbocycles. The third-order valence-electron chi connectivity index (χ3n) is 4.70. The normalized spacial score (nSPS) is 19.5. The summed E-state index contributed by atoms with van der Waals surface area (Å²) < 4.78 is 16.7. The Balaban J connectivity index is 0.000000292. The molecule has 24 heavy (non-hydrogen) atoms. The maximum absolute atomic E-state index is 5.59. The van der Waals surface area contributed by atoms with Crippen LogP contribution in [0.2, 0.25) is 0 Å². The molecule has 2 aliphatic rings. The summed E-state index contributed by atoms with van der Waals surface area (Å²) in [6.45, 7) is 0. The lowest BCUT2D eigenvalue weighted by Crippen LogP contribution is -2.39. The van der Waals surface area contributed by atoms with Gasteiger partial charge in [0.25, 0.3) is 0 Å². The molecule has 0 heterocycles. The van der Waals surface area contributed by atoms with Crippen molar-refractivity contribution in [3.05, 3.63) is 53.8 Å². The predicted molar refractivity (Wildman–Crippen MR) is 98.6 cm³/mol. The van der Waals surface area contributed by atoms with Gasteiger partial charge in [0.15, 0.2) is 5.76 Å². The van der Waals surface area contributed by atoms with Gasteiger partial charge in [-0.3, -0.25) is 0 Å². The molecular formula is C21H30O3. The molecule has 0 amide bonds. The van der Waals surface area contributed by atoms with E-state index in [0.29, 0.717) is 0 Å². The highest BCUT2D eigenvalue weighted by atomic mass is 16.7. The van der Waals surface area contributed by atoms with Gasteiger partial charge in [0.1, 0.15) is 0 Å². The van der Waals surface area contributed by atoms with Crippen molar-refractivity contribution >= 4 is 5.57 Å². The summed E-state index contributed by atoms with van der Waals surface area (Å²) in [5.41, 5.74) is 2.35. The molecule has 0 aliphatic heterocycles. The Labute approximate surface area is 146 Å². The van der Waals surface area contributed by atoms with E-state index in [4.69, 9.17) is 14.2 Å². The smallest absolute Gasteiger partial charge is 0.227 e. The van der Waals surface area contributed by atoms with Gasteiger partial charge in [0.2, 0.25) is 5.79 Å². The van der Waals surface area contributed by atoms with Gasteiger partial charge in [-0.05, 0) is 44.1 Å². The summed E-state index contributed by atoms with van der Waals surface area (Å²) >= 11 is 0. The number of methoxy groups -OCH3 is 3. The molecule has 2 aliphatic carbocycles. The van der Waals surface area contributed by atoms with E-state index in [0.717, 1.165) is 25.0 Å². The highest BCUT2D eigenvalue weighted by molar-refractivity contribution is 5.69. The van der Waals surface area contributed by atoms with Crippen LogP contribution in [0.5, 0.6) is 0 Å². The van der Waals surface area contributed by atoms with Crippen LogP contribution in [-0.2, 0) is 14.2 Å². The molecule has 0 fully saturated rings. The molecular weight excluding hydrogens is 300 g/mol. The van der Waals surface area contributed by atoms with Crippen LogP contribution in [0.3, 0.4) is 0 Å².